The van der Waals surface area contributed by atoms with Crippen molar-refractivity contribution < 1.29 is 4.79 Å². The van der Waals surface area contributed by atoms with Gasteiger partial charge in [0, 0.05) is 12.0 Å². The van der Waals surface area contributed by atoms with Gasteiger partial charge in [-0.05, 0) is 32.2 Å². The van der Waals surface area contributed by atoms with Crippen LogP contribution in [-0.4, -0.2) is 29.8 Å². The van der Waals surface area contributed by atoms with Crippen LogP contribution >= 0.6 is 0 Å². The second-order valence-electron chi connectivity index (χ2n) is 4.07. The highest BCUT2D eigenvalue weighted by atomic mass is 16.1. The average Bonchev–Trinajstić information content (AvgIpc) is 2.49. The lowest BCUT2D eigenvalue weighted by molar-refractivity contribution is -0.127. The molecule has 0 spiro atoms. The van der Waals surface area contributed by atoms with E-state index in [0.717, 1.165) is 32.0 Å². The van der Waals surface area contributed by atoms with Crippen molar-refractivity contribution in [3.63, 3.8) is 0 Å². The SMILES string of the molecule is CCC1CC2CCCN2CC1=O. The van der Waals surface area contributed by atoms with Crippen molar-refractivity contribution in [1.82, 2.24) is 4.90 Å². The standard InChI is InChI=1S/C10H17NO/c1-2-8-6-9-4-3-5-11(9)7-10(8)12/h8-9H,2-7H2,1H3. The molecule has 2 unspecified atom stereocenters. The molecule has 2 heteroatoms. The van der Waals surface area contributed by atoms with Crippen molar-refractivity contribution >= 4 is 5.78 Å². The Morgan fingerprint density at radius 2 is 2.42 bits per heavy atom. The molecule has 0 aromatic carbocycles. The third-order valence-corrected chi connectivity index (χ3v) is 3.36. The summed E-state index contributed by atoms with van der Waals surface area (Å²) in [5.74, 6) is 0.861. The Balaban J connectivity index is 2.03. The molecule has 0 radical (unpaired) electrons. The molecular formula is C10H17NO. The fraction of sp³-hybridized carbons (Fsp3) is 0.900. The van der Waals surface area contributed by atoms with Gasteiger partial charge in [-0.25, -0.2) is 0 Å². The predicted molar refractivity (Wildman–Crippen MR) is 48.0 cm³/mol. The first-order valence-electron chi connectivity index (χ1n) is 5.08. The molecule has 2 aliphatic rings. The predicted octanol–water partition coefficient (Wildman–Crippen LogP) is 1.45. The van der Waals surface area contributed by atoms with Crippen LogP contribution in [0.1, 0.15) is 32.6 Å². The third kappa shape index (κ3) is 1.28. The fourth-order valence-corrected chi connectivity index (χ4v) is 2.55. The van der Waals surface area contributed by atoms with Gasteiger partial charge in [0.05, 0.1) is 6.54 Å². The molecule has 0 N–H and O–H groups in total. The summed E-state index contributed by atoms with van der Waals surface area (Å²) in [5.41, 5.74) is 0. The lowest BCUT2D eigenvalue weighted by Crippen LogP contribution is -2.43. The van der Waals surface area contributed by atoms with Gasteiger partial charge in [0.1, 0.15) is 5.78 Å². The Morgan fingerprint density at radius 3 is 3.17 bits per heavy atom. The number of carbonyl (C=O) groups excluding carboxylic acids is 1. The Morgan fingerprint density at radius 1 is 1.58 bits per heavy atom. The van der Waals surface area contributed by atoms with E-state index in [9.17, 15) is 4.79 Å². The third-order valence-electron chi connectivity index (χ3n) is 3.36. The van der Waals surface area contributed by atoms with E-state index >= 15 is 0 Å². The zero-order valence-corrected chi connectivity index (χ0v) is 7.75. The minimum absolute atomic E-state index is 0.379. The number of nitrogens with zero attached hydrogens (tertiary/aromatic N) is 1. The summed E-state index contributed by atoms with van der Waals surface area (Å²) in [6.45, 7) is 4.03. The highest BCUT2D eigenvalue weighted by Crippen LogP contribution is 2.29. The van der Waals surface area contributed by atoms with Crippen molar-refractivity contribution in [2.24, 2.45) is 5.92 Å². The van der Waals surface area contributed by atoms with Crippen molar-refractivity contribution in [2.75, 3.05) is 13.1 Å². The number of hydrogen-bond donors (Lipinski definition) is 0. The van der Waals surface area contributed by atoms with Crippen LogP contribution in [0.3, 0.4) is 0 Å². The molecule has 0 bridgehead atoms. The summed E-state index contributed by atoms with van der Waals surface area (Å²) < 4.78 is 0. The maximum atomic E-state index is 11.5. The number of Topliss-reactive ketones (excluding diaryl/α,β-unsaturated/α-hetero) is 1. The highest BCUT2D eigenvalue weighted by Gasteiger charge is 2.35. The molecule has 2 aliphatic heterocycles. The van der Waals surface area contributed by atoms with Crippen LogP contribution in [0.5, 0.6) is 0 Å². The van der Waals surface area contributed by atoms with E-state index in [1.54, 1.807) is 0 Å². The van der Waals surface area contributed by atoms with E-state index in [4.69, 9.17) is 0 Å². The van der Waals surface area contributed by atoms with Gasteiger partial charge in [0.2, 0.25) is 0 Å². The van der Waals surface area contributed by atoms with Crippen molar-refractivity contribution in [3.8, 4) is 0 Å². The Hall–Kier alpha value is -0.370. The normalized spacial score (nSPS) is 36.9. The summed E-state index contributed by atoms with van der Waals surface area (Å²) in [4.78, 5) is 13.9. The minimum Gasteiger partial charge on any atom is -0.298 e. The molecule has 2 nitrogen and oxygen atoms in total. The Kier molecular flexibility index (Phi) is 2.18. The van der Waals surface area contributed by atoms with Gasteiger partial charge in [-0.1, -0.05) is 6.92 Å². The van der Waals surface area contributed by atoms with Crippen LogP contribution in [0.15, 0.2) is 0 Å². The molecule has 0 aliphatic carbocycles. The molecule has 68 valence electrons. The van der Waals surface area contributed by atoms with Crippen molar-refractivity contribution in [1.29, 1.82) is 0 Å². The monoisotopic (exact) mass is 167 g/mol. The molecule has 2 rings (SSSR count). The second kappa shape index (κ2) is 3.17. The maximum Gasteiger partial charge on any atom is 0.149 e. The fourth-order valence-electron chi connectivity index (χ4n) is 2.55. The lowest BCUT2D eigenvalue weighted by atomic mass is 9.88. The second-order valence-corrected chi connectivity index (χ2v) is 4.07. The van der Waals surface area contributed by atoms with Crippen LogP contribution < -0.4 is 0 Å². The summed E-state index contributed by atoms with van der Waals surface area (Å²) in [5, 5.41) is 0. The first-order valence-corrected chi connectivity index (χ1v) is 5.08. The summed E-state index contributed by atoms with van der Waals surface area (Å²) in [7, 11) is 0. The number of ketones is 1. The number of hydrogen-bond acceptors (Lipinski definition) is 2. The van der Waals surface area contributed by atoms with Gasteiger partial charge >= 0.3 is 0 Å². The molecule has 0 saturated carbocycles. The summed E-state index contributed by atoms with van der Waals surface area (Å²) in [6.07, 6.45) is 4.80. The van der Waals surface area contributed by atoms with Crippen LogP contribution in [0.4, 0.5) is 0 Å². The van der Waals surface area contributed by atoms with Gasteiger partial charge < -0.3 is 0 Å². The van der Waals surface area contributed by atoms with Crippen LogP contribution in [0.25, 0.3) is 0 Å². The van der Waals surface area contributed by atoms with E-state index in [0.29, 0.717) is 11.7 Å². The first-order chi connectivity index (χ1) is 5.81. The maximum absolute atomic E-state index is 11.5. The number of fused-ring (bicyclic) bond motifs is 1. The zero-order valence-electron chi connectivity index (χ0n) is 7.75. The summed E-state index contributed by atoms with van der Waals surface area (Å²) >= 11 is 0. The van der Waals surface area contributed by atoms with Gasteiger partial charge in [-0.15, -0.1) is 0 Å². The topological polar surface area (TPSA) is 20.3 Å². The first kappa shape index (κ1) is 8.24. The van der Waals surface area contributed by atoms with Gasteiger partial charge in [0.15, 0.2) is 0 Å². The van der Waals surface area contributed by atoms with E-state index in [2.05, 4.69) is 11.8 Å². The Bertz CT molecular complexity index is 190. The van der Waals surface area contributed by atoms with Crippen molar-refractivity contribution in [2.45, 2.75) is 38.6 Å². The lowest BCUT2D eigenvalue weighted by Gasteiger charge is -2.33. The largest absolute Gasteiger partial charge is 0.298 e. The molecule has 2 saturated heterocycles. The molecule has 2 atom stereocenters. The quantitative estimate of drug-likeness (QED) is 0.589. The van der Waals surface area contributed by atoms with Crippen molar-refractivity contribution in [3.05, 3.63) is 0 Å². The number of rotatable bonds is 1. The Labute approximate surface area is 73.9 Å². The molecule has 0 aromatic heterocycles. The number of carbonyl (C=O) groups is 1. The molecule has 2 heterocycles. The average molecular weight is 167 g/mol. The van der Waals surface area contributed by atoms with Gasteiger partial charge in [-0.3, -0.25) is 9.69 Å². The molecule has 0 amide bonds. The molecular weight excluding hydrogens is 150 g/mol. The van der Waals surface area contributed by atoms with Crippen LogP contribution in [0, 0.1) is 5.92 Å². The van der Waals surface area contributed by atoms with E-state index in [-0.39, 0.29) is 0 Å². The highest BCUT2D eigenvalue weighted by molar-refractivity contribution is 5.83. The van der Waals surface area contributed by atoms with E-state index < -0.39 is 0 Å². The van der Waals surface area contributed by atoms with Gasteiger partial charge in [-0.2, -0.15) is 0 Å². The minimum atomic E-state index is 0.379. The van der Waals surface area contributed by atoms with E-state index in [1.165, 1.54) is 12.8 Å². The smallest absolute Gasteiger partial charge is 0.149 e. The van der Waals surface area contributed by atoms with Crippen LogP contribution in [-0.2, 0) is 4.79 Å². The summed E-state index contributed by atoms with van der Waals surface area (Å²) in [6, 6.07) is 0.743. The number of piperidine rings is 1. The van der Waals surface area contributed by atoms with Gasteiger partial charge in [0.25, 0.3) is 0 Å². The molecule has 12 heavy (non-hydrogen) atoms. The van der Waals surface area contributed by atoms with Crippen LogP contribution in [0.2, 0.25) is 0 Å². The van der Waals surface area contributed by atoms with E-state index in [1.807, 2.05) is 0 Å². The molecule has 0 aromatic rings. The molecule has 2 fully saturated rings. The zero-order chi connectivity index (χ0) is 8.55.